The predicted octanol–water partition coefficient (Wildman–Crippen LogP) is 3.41. The molecule has 27 heavy (non-hydrogen) atoms. The van der Waals surface area contributed by atoms with E-state index in [0.29, 0.717) is 41.1 Å². The number of methoxy groups -OCH3 is 2. The second-order valence-electron chi connectivity index (χ2n) is 6.18. The molecule has 8 nitrogen and oxygen atoms in total. The van der Waals surface area contributed by atoms with Crippen LogP contribution in [0, 0.1) is 6.92 Å². The Bertz CT molecular complexity index is 1160. The lowest BCUT2D eigenvalue weighted by atomic mass is 10.1. The van der Waals surface area contributed by atoms with Gasteiger partial charge < -0.3 is 18.6 Å². The van der Waals surface area contributed by atoms with Gasteiger partial charge in [0, 0.05) is 18.1 Å². The maximum absolute atomic E-state index is 6.12. The SMILES string of the molecule is COc1cc2cc(c1OC)Cc1nc(C)n3nc(-c4ccco4)nc(c13)O2. The number of benzene rings is 1. The average Bonchev–Trinajstić information content (AvgIpc) is 3.29. The van der Waals surface area contributed by atoms with E-state index >= 15 is 0 Å². The molecule has 2 bridgehead atoms. The highest BCUT2D eigenvalue weighted by atomic mass is 16.5. The molecule has 0 fully saturated rings. The van der Waals surface area contributed by atoms with Crippen LogP contribution in [0.25, 0.3) is 17.1 Å². The zero-order valence-electron chi connectivity index (χ0n) is 15.0. The summed E-state index contributed by atoms with van der Waals surface area (Å²) in [6.45, 7) is 1.89. The summed E-state index contributed by atoms with van der Waals surface area (Å²) in [5, 5.41) is 4.58. The van der Waals surface area contributed by atoms with Crippen molar-refractivity contribution >= 4 is 5.52 Å². The van der Waals surface area contributed by atoms with Gasteiger partial charge in [-0.05, 0) is 25.1 Å². The molecule has 1 aromatic carbocycles. The van der Waals surface area contributed by atoms with Gasteiger partial charge >= 0.3 is 0 Å². The smallest absolute Gasteiger partial charge is 0.249 e. The summed E-state index contributed by atoms with van der Waals surface area (Å²) in [6.07, 6.45) is 2.13. The molecule has 3 aromatic heterocycles. The van der Waals surface area contributed by atoms with Gasteiger partial charge in [0.1, 0.15) is 11.6 Å². The third-order valence-corrected chi connectivity index (χ3v) is 4.54. The molecule has 1 aliphatic heterocycles. The first-order valence-corrected chi connectivity index (χ1v) is 8.41. The fourth-order valence-corrected chi connectivity index (χ4v) is 3.38. The Labute approximate surface area is 154 Å². The van der Waals surface area contributed by atoms with E-state index in [1.54, 1.807) is 43.2 Å². The lowest BCUT2D eigenvalue weighted by Crippen LogP contribution is -2.06. The number of hydrogen-bond acceptors (Lipinski definition) is 7. The number of furan rings is 1. The van der Waals surface area contributed by atoms with Crippen molar-refractivity contribution < 1.29 is 18.6 Å². The number of nitrogens with zero attached hydrogens (tertiary/aromatic N) is 4. The van der Waals surface area contributed by atoms with Crippen LogP contribution < -0.4 is 14.2 Å². The molecule has 4 heterocycles. The Morgan fingerprint density at radius 3 is 2.78 bits per heavy atom. The average molecular weight is 364 g/mol. The molecular formula is C19H16N4O4. The lowest BCUT2D eigenvalue weighted by molar-refractivity contribution is 0.348. The van der Waals surface area contributed by atoms with E-state index in [2.05, 4.69) is 15.1 Å². The molecule has 8 heteroatoms. The van der Waals surface area contributed by atoms with Gasteiger partial charge in [0.05, 0.1) is 26.2 Å². The molecule has 0 radical (unpaired) electrons. The molecule has 0 spiro atoms. The van der Waals surface area contributed by atoms with Crippen LogP contribution in [-0.2, 0) is 6.42 Å². The fraction of sp³-hybridized carbons (Fsp3) is 0.211. The number of ether oxygens (including phenoxy) is 3. The molecule has 4 aromatic rings. The van der Waals surface area contributed by atoms with Gasteiger partial charge in [-0.1, -0.05) is 0 Å². The van der Waals surface area contributed by atoms with Crippen molar-refractivity contribution in [3.63, 3.8) is 0 Å². The first kappa shape index (κ1) is 15.7. The van der Waals surface area contributed by atoms with E-state index in [9.17, 15) is 0 Å². The van der Waals surface area contributed by atoms with Gasteiger partial charge in [-0.25, -0.2) is 9.50 Å². The first-order chi connectivity index (χ1) is 13.2. The Morgan fingerprint density at radius 2 is 2.04 bits per heavy atom. The molecule has 0 saturated heterocycles. The highest BCUT2D eigenvalue weighted by Crippen LogP contribution is 2.41. The number of rotatable bonds is 3. The van der Waals surface area contributed by atoms with E-state index in [-0.39, 0.29) is 0 Å². The third kappa shape index (κ3) is 2.33. The summed E-state index contributed by atoms with van der Waals surface area (Å²) >= 11 is 0. The van der Waals surface area contributed by atoms with Crippen molar-refractivity contribution in [1.29, 1.82) is 0 Å². The molecule has 136 valence electrons. The van der Waals surface area contributed by atoms with Crippen molar-refractivity contribution in [2.45, 2.75) is 13.3 Å². The van der Waals surface area contributed by atoms with Crippen molar-refractivity contribution in [1.82, 2.24) is 19.6 Å². The molecule has 5 rings (SSSR count). The van der Waals surface area contributed by atoms with E-state index in [0.717, 1.165) is 22.6 Å². The van der Waals surface area contributed by atoms with Gasteiger partial charge in [-0.2, -0.15) is 4.98 Å². The van der Waals surface area contributed by atoms with Crippen LogP contribution >= 0.6 is 0 Å². The Morgan fingerprint density at radius 1 is 1.15 bits per heavy atom. The van der Waals surface area contributed by atoms with E-state index < -0.39 is 0 Å². The maximum atomic E-state index is 6.12. The highest BCUT2D eigenvalue weighted by molar-refractivity contribution is 5.67. The molecule has 0 saturated carbocycles. The molecule has 0 amide bonds. The van der Waals surface area contributed by atoms with Crippen LogP contribution in [0.4, 0.5) is 0 Å². The lowest BCUT2D eigenvalue weighted by Gasteiger charge is -2.17. The normalized spacial score (nSPS) is 12.4. The van der Waals surface area contributed by atoms with Crippen LogP contribution in [-0.4, -0.2) is 33.8 Å². The maximum Gasteiger partial charge on any atom is 0.249 e. The van der Waals surface area contributed by atoms with Gasteiger partial charge in [0.25, 0.3) is 0 Å². The number of hydrogen-bond donors (Lipinski definition) is 0. The standard InChI is InChI=1S/C19H16N4O4/c1-10-20-13-8-11-7-12(9-15(24-2)17(11)25-3)27-19-16(13)23(10)22-18(21-19)14-5-4-6-26-14/h4-7,9H,8H2,1-3H3. The van der Waals surface area contributed by atoms with Crippen molar-refractivity contribution in [3.05, 3.63) is 47.6 Å². The molecule has 0 N–H and O–H groups in total. The second-order valence-corrected chi connectivity index (χ2v) is 6.18. The van der Waals surface area contributed by atoms with Gasteiger partial charge in [-0.15, -0.1) is 5.10 Å². The molecule has 0 unspecified atom stereocenters. The van der Waals surface area contributed by atoms with E-state index in [4.69, 9.17) is 18.6 Å². The topological polar surface area (TPSA) is 83.9 Å². The number of imidazole rings is 1. The summed E-state index contributed by atoms with van der Waals surface area (Å²) in [5.74, 6) is 4.02. The first-order valence-electron chi connectivity index (χ1n) is 8.41. The van der Waals surface area contributed by atoms with Gasteiger partial charge in [0.15, 0.2) is 22.8 Å². The summed E-state index contributed by atoms with van der Waals surface area (Å²) in [6, 6.07) is 7.29. The van der Waals surface area contributed by atoms with Crippen LogP contribution in [0.5, 0.6) is 23.1 Å². The minimum atomic E-state index is 0.421. The molecular weight excluding hydrogens is 348 g/mol. The monoisotopic (exact) mass is 364 g/mol. The van der Waals surface area contributed by atoms with Crippen LogP contribution in [0.15, 0.2) is 34.9 Å². The minimum Gasteiger partial charge on any atom is -0.493 e. The fourth-order valence-electron chi connectivity index (χ4n) is 3.38. The Balaban J connectivity index is 1.77. The second kappa shape index (κ2) is 5.73. The largest absolute Gasteiger partial charge is 0.493 e. The molecule has 1 aliphatic rings. The quantitative estimate of drug-likeness (QED) is 0.485. The molecule has 0 atom stereocenters. The highest BCUT2D eigenvalue weighted by Gasteiger charge is 2.25. The summed E-state index contributed by atoms with van der Waals surface area (Å²) in [7, 11) is 3.22. The summed E-state index contributed by atoms with van der Waals surface area (Å²) in [5.41, 5.74) is 2.47. The van der Waals surface area contributed by atoms with E-state index in [1.807, 2.05) is 13.0 Å². The minimum absolute atomic E-state index is 0.421. The Kier molecular flexibility index (Phi) is 3.33. The molecule has 0 aliphatic carbocycles. The van der Waals surface area contributed by atoms with Crippen LogP contribution in [0.2, 0.25) is 0 Å². The van der Waals surface area contributed by atoms with Crippen molar-refractivity contribution in [3.8, 4) is 34.7 Å². The van der Waals surface area contributed by atoms with Crippen molar-refractivity contribution in [2.24, 2.45) is 0 Å². The zero-order valence-corrected chi connectivity index (χ0v) is 15.0. The number of aryl methyl sites for hydroxylation is 1. The Hall–Kier alpha value is -3.55. The summed E-state index contributed by atoms with van der Waals surface area (Å²) in [4.78, 5) is 9.26. The van der Waals surface area contributed by atoms with Crippen LogP contribution in [0.3, 0.4) is 0 Å². The van der Waals surface area contributed by atoms with Crippen molar-refractivity contribution in [2.75, 3.05) is 14.2 Å². The predicted molar refractivity (Wildman–Crippen MR) is 95.6 cm³/mol. The van der Waals surface area contributed by atoms with E-state index in [1.165, 1.54) is 0 Å². The van der Waals surface area contributed by atoms with Gasteiger partial charge in [0.2, 0.25) is 11.7 Å². The summed E-state index contributed by atoms with van der Waals surface area (Å²) < 4.78 is 24.3. The van der Waals surface area contributed by atoms with Gasteiger partial charge in [-0.3, -0.25) is 0 Å². The number of fused-ring (bicyclic) bond motifs is 2. The zero-order chi connectivity index (χ0) is 18.5. The number of aromatic nitrogens is 4. The third-order valence-electron chi connectivity index (χ3n) is 4.54. The van der Waals surface area contributed by atoms with Crippen LogP contribution in [0.1, 0.15) is 17.1 Å².